The highest BCUT2D eigenvalue weighted by Gasteiger charge is 2.20. The molecule has 1 aliphatic rings. The second-order valence-electron chi connectivity index (χ2n) is 5.59. The van der Waals surface area contributed by atoms with Gasteiger partial charge < -0.3 is 10.4 Å². The fourth-order valence-corrected chi connectivity index (χ4v) is 2.74. The Kier molecular flexibility index (Phi) is 7.06. The van der Waals surface area contributed by atoms with Gasteiger partial charge in [0, 0.05) is 12.6 Å². The minimum Gasteiger partial charge on any atom is -0.396 e. The van der Waals surface area contributed by atoms with Gasteiger partial charge >= 0.3 is 0 Å². The molecule has 0 heterocycles. The summed E-state index contributed by atoms with van der Waals surface area (Å²) in [7, 11) is 0. The van der Waals surface area contributed by atoms with Crippen molar-refractivity contribution in [3.8, 4) is 0 Å². The molecule has 1 rings (SSSR count). The van der Waals surface area contributed by atoms with Crippen molar-refractivity contribution in [2.75, 3.05) is 13.2 Å². The maximum Gasteiger partial charge on any atom is 0.0431 e. The molecule has 0 radical (unpaired) electrons. The van der Waals surface area contributed by atoms with Crippen molar-refractivity contribution in [1.82, 2.24) is 5.32 Å². The van der Waals surface area contributed by atoms with Crippen LogP contribution in [0, 0.1) is 11.8 Å². The Morgan fingerprint density at radius 2 is 1.94 bits per heavy atom. The topological polar surface area (TPSA) is 32.3 Å². The maximum atomic E-state index is 8.72. The average Bonchev–Trinajstić information content (AvgIpc) is 2.50. The fourth-order valence-electron chi connectivity index (χ4n) is 2.74. The van der Waals surface area contributed by atoms with E-state index in [1.807, 2.05) is 0 Å². The van der Waals surface area contributed by atoms with E-state index in [0.717, 1.165) is 37.3 Å². The summed E-state index contributed by atoms with van der Waals surface area (Å²) >= 11 is 0. The zero-order valence-electron chi connectivity index (χ0n) is 11.0. The molecule has 2 N–H and O–H groups in total. The Bertz CT molecular complexity index is 170. The van der Waals surface area contributed by atoms with Crippen LogP contribution in [0.15, 0.2) is 0 Å². The lowest BCUT2D eigenvalue weighted by molar-refractivity contribution is 0.281. The van der Waals surface area contributed by atoms with Gasteiger partial charge in [-0.25, -0.2) is 0 Å². The molecule has 0 aromatic rings. The first-order chi connectivity index (χ1) is 7.74. The number of hydrogen-bond donors (Lipinski definition) is 2. The maximum absolute atomic E-state index is 8.72. The first-order valence-corrected chi connectivity index (χ1v) is 7.08. The Hall–Kier alpha value is -0.0800. The second-order valence-corrected chi connectivity index (χ2v) is 5.59. The van der Waals surface area contributed by atoms with E-state index < -0.39 is 0 Å². The summed E-state index contributed by atoms with van der Waals surface area (Å²) in [5.41, 5.74) is 0. The highest BCUT2D eigenvalue weighted by atomic mass is 16.2. The van der Waals surface area contributed by atoms with Gasteiger partial charge in [-0.05, 0) is 50.5 Å². The van der Waals surface area contributed by atoms with Crippen LogP contribution in [0.3, 0.4) is 0 Å². The number of nitrogens with one attached hydrogen (secondary N) is 1. The monoisotopic (exact) mass is 227 g/mol. The van der Waals surface area contributed by atoms with Crippen molar-refractivity contribution in [3.05, 3.63) is 0 Å². The van der Waals surface area contributed by atoms with Gasteiger partial charge in [0.05, 0.1) is 0 Å². The van der Waals surface area contributed by atoms with Crippen molar-refractivity contribution in [2.45, 2.75) is 64.8 Å². The standard InChI is InChI=1S/C14H29NO/c1-12(2)13-6-5-7-14(9-8-13)15-10-3-4-11-16/h12-16H,3-11H2,1-2H3. The third-order valence-electron chi connectivity index (χ3n) is 3.97. The van der Waals surface area contributed by atoms with Gasteiger partial charge in [-0.1, -0.05) is 26.7 Å². The van der Waals surface area contributed by atoms with Crippen LogP contribution in [0.25, 0.3) is 0 Å². The summed E-state index contributed by atoms with van der Waals surface area (Å²) in [4.78, 5) is 0. The molecule has 1 fully saturated rings. The summed E-state index contributed by atoms with van der Waals surface area (Å²) in [6.45, 7) is 6.14. The quantitative estimate of drug-likeness (QED) is 0.540. The Morgan fingerprint density at radius 1 is 1.12 bits per heavy atom. The van der Waals surface area contributed by atoms with E-state index in [1.54, 1.807) is 0 Å². The smallest absolute Gasteiger partial charge is 0.0431 e. The van der Waals surface area contributed by atoms with Gasteiger partial charge in [-0.2, -0.15) is 0 Å². The van der Waals surface area contributed by atoms with Crippen LogP contribution in [-0.2, 0) is 0 Å². The number of rotatable bonds is 6. The molecule has 96 valence electrons. The number of aliphatic hydroxyl groups is 1. The fraction of sp³-hybridized carbons (Fsp3) is 1.00. The van der Waals surface area contributed by atoms with Gasteiger partial charge in [-0.3, -0.25) is 0 Å². The molecule has 1 aliphatic carbocycles. The number of unbranched alkanes of at least 4 members (excludes halogenated alkanes) is 1. The highest BCUT2D eigenvalue weighted by Crippen LogP contribution is 2.28. The molecule has 2 unspecified atom stereocenters. The number of aliphatic hydroxyl groups excluding tert-OH is 1. The van der Waals surface area contributed by atoms with Gasteiger partial charge in [0.2, 0.25) is 0 Å². The molecule has 1 saturated carbocycles. The summed E-state index contributed by atoms with van der Waals surface area (Å²) < 4.78 is 0. The molecule has 0 aliphatic heterocycles. The van der Waals surface area contributed by atoms with Crippen LogP contribution >= 0.6 is 0 Å². The second kappa shape index (κ2) is 8.08. The largest absolute Gasteiger partial charge is 0.396 e. The van der Waals surface area contributed by atoms with Crippen molar-refractivity contribution in [1.29, 1.82) is 0 Å². The first-order valence-electron chi connectivity index (χ1n) is 7.08. The zero-order chi connectivity index (χ0) is 11.8. The van der Waals surface area contributed by atoms with E-state index in [2.05, 4.69) is 19.2 Å². The molecule has 2 nitrogen and oxygen atoms in total. The predicted molar refractivity (Wildman–Crippen MR) is 69.5 cm³/mol. The van der Waals surface area contributed by atoms with E-state index in [4.69, 9.17) is 5.11 Å². The van der Waals surface area contributed by atoms with Gasteiger partial charge in [0.25, 0.3) is 0 Å². The molecule has 0 saturated heterocycles. The molecule has 0 bridgehead atoms. The Balaban J connectivity index is 2.15. The SMILES string of the molecule is CC(C)C1CCCC(NCCCCO)CC1. The van der Waals surface area contributed by atoms with E-state index >= 15 is 0 Å². The minimum absolute atomic E-state index is 0.335. The molecule has 0 amide bonds. The molecule has 16 heavy (non-hydrogen) atoms. The summed E-state index contributed by atoms with van der Waals surface area (Å²) in [6.07, 6.45) is 8.96. The molecular formula is C14H29NO. The average molecular weight is 227 g/mol. The van der Waals surface area contributed by atoms with Crippen molar-refractivity contribution >= 4 is 0 Å². The zero-order valence-corrected chi connectivity index (χ0v) is 11.0. The third-order valence-corrected chi connectivity index (χ3v) is 3.97. The van der Waals surface area contributed by atoms with E-state index in [-0.39, 0.29) is 0 Å². The van der Waals surface area contributed by atoms with Crippen LogP contribution < -0.4 is 5.32 Å². The van der Waals surface area contributed by atoms with Crippen LogP contribution in [0.1, 0.15) is 58.8 Å². The summed E-state index contributed by atoms with van der Waals surface area (Å²) in [6, 6.07) is 0.738. The van der Waals surface area contributed by atoms with Crippen LogP contribution in [0.2, 0.25) is 0 Å². The van der Waals surface area contributed by atoms with E-state index in [1.165, 1.54) is 32.1 Å². The summed E-state index contributed by atoms with van der Waals surface area (Å²) in [5.74, 6) is 1.80. The summed E-state index contributed by atoms with van der Waals surface area (Å²) in [5, 5.41) is 12.4. The van der Waals surface area contributed by atoms with E-state index in [0.29, 0.717) is 6.61 Å². The first kappa shape index (κ1) is 14.0. The Morgan fingerprint density at radius 3 is 2.62 bits per heavy atom. The Labute approximate surface area is 101 Å². The normalized spacial score (nSPS) is 27.0. The third kappa shape index (κ3) is 5.31. The molecule has 0 aromatic heterocycles. The lowest BCUT2D eigenvalue weighted by Crippen LogP contribution is -2.29. The van der Waals surface area contributed by atoms with Gasteiger partial charge in [0.15, 0.2) is 0 Å². The number of hydrogen-bond acceptors (Lipinski definition) is 2. The van der Waals surface area contributed by atoms with Crippen LogP contribution in [0.4, 0.5) is 0 Å². The van der Waals surface area contributed by atoms with Crippen LogP contribution in [-0.4, -0.2) is 24.3 Å². The molecule has 0 spiro atoms. The lowest BCUT2D eigenvalue weighted by Gasteiger charge is -2.19. The predicted octanol–water partition coefficient (Wildman–Crippen LogP) is 2.95. The minimum atomic E-state index is 0.335. The molecular weight excluding hydrogens is 198 g/mol. The van der Waals surface area contributed by atoms with Gasteiger partial charge in [0.1, 0.15) is 0 Å². The van der Waals surface area contributed by atoms with E-state index in [9.17, 15) is 0 Å². The highest BCUT2D eigenvalue weighted by molar-refractivity contribution is 4.76. The van der Waals surface area contributed by atoms with Gasteiger partial charge in [-0.15, -0.1) is 0 Å². The van der Waals surface area contributed by atoms with Crippen LogP contribution in [0.5, 0.6) is 0 Å². The van der Waals surface area contributed by atoms with Crippen molar-refractivity contribution in [2.24, 2.45) is 11.8 Å². The molecule has 0 aromatic carbocycles. The van der Waals surface area contributed by atoms with Crippen molar-refractivity contribution < 1.29 is 5.11 Å². The molecule has 2 atom stereocenters. The molecule has 2 heteroatoms. The van der Waals surface area contributed by atoms with Crippen molar-refractivity contribution in [3.63, 3.8) is 0 Å². The lowest BCUT2D eigenvalue weighted by atomic mass is 9.89.